The zero-order valence-corrected chi connectivity index (χ0v) is 18.4. The number of carbonyl (C=O) groups is 2. The quantitative estimate of drug-likeness (QED) is 0.502. The van der Waals surface area contributed by atoms with Gasteiger partial charge in [-0.15, -0.1) is 5.06 Å². The van der Waals surface area contributed by atoms with Crippen LogP contribution in [0.3, 0.4) is 0 Å². The number of aliphatic carboxylic acids is 1. The molecule has 4 rings (SSSR count). The molecule has 2 aromatic carbocycles. The molecule has 0 radical (unpaired) electrons. The summed E-state index contributed by atoms with van der Waals surface area (Å²) in [7, 11) is 0. The van der Waals surface area contributed by atoms with Crippen molar-refractivity contribution in [3.8, 4) is 5.75 Å². The van der Waals surface area contributed by atoms with Gasteiger partial charge in [0.25, 0.3) is 0 Å². The summed E-state index contributed by atoms with van der Waals surface area (Å²) in [6, 6.07) is 12.0. The van der Waals surface area contributed by atoms with E-state index < -0.39 is 24.8 Å². The first-order valence-electron chi connectivity index (χ1n) is 10.2. The summed E-state index contributed by atoms with van der Waals surface area (Å²) < 4.78 is 15.6. The van der Waals surface area contributed by atoms with Gasteiger partial charge in [-0.05, 0) is 42.7 Å². The number of hydrogen-bond donors (Lipinski definition) is 1. The normalized spacial score (nSPS) is 15.5. The van der Waals surface area contributed by atoms with Crippen LogP contribution in [0.1, 0.15) is 34.0 Å². The summed E-state index contributed by atoms with van der Waals surface area (Å²) in [5, 5.41) is 14.8. The zero-order valence-electron chi connectivity index (χ0n) is 17.7. The fraction of sp³-hybridized carbons (Fsp3) is 0.261. The van der Waals surface area contributed by atoms with Gasteiger partial charge in [-0.25, -0.2) is 9.59 Å². The number of nitrogens with zero attached hydrogens (tertiary/aromatic N) is 2. The molecule has 0 bridgehead atoms. The lowest BCUT2D eigenvalue weighted by Gasteiger charge is -2.36. The molecule has 1 aliphatic rings. The Balaban J connectivity index is 1.62. The summed E-state index contributed by atoms with van der Waals surface area (Å²) in [4.78, 5) is 29.1. The molecule has 0 unspecified atom stereocenters. The summed E-state index contributed by atoms with van der Waals surface area (Å²) >= 11 is 6.26. The van der Waals surface area contributed by atoms with Gasteiger partial charge in [0.05, 0.1) is 6.04 Å². The van der Waals surface area contributed by atoms with E-state index in [-0.39, 0.29) is 6.61 Å². The smallest absolute Gasteiger partial charge is 0.482 e. The molecule has 0 saturated heterocycles. The lowest BCUT2D eigenvalue weighted by atomic mass is 9.89. The minimum atomic E-state index is -1.11. The topological polar surface area (TPSA) is 111 Å². The summed E-state index contributed by atoms with van der Waals surface area (Å²) in [5.41, 5.74) is 3.76. The largest absolute Gasteiger partial charge is 0.528 e. The second kappa shape index (κ2) is 9.93. The number of halogens is 1. The Bertz CT molecular complexity index is 1160. The maximum atomic E-state index is 12.5. The summed E-state index contributed by atoms with van der Waals surface area (Å²) in [5.74, 6) is -0.788. The van der Waals surface area contributed by atoms with E-state index in [0.717, 1.165) is 16.7 Å². The van der Waals surface area contributed by atoms with Gasteiger partial charge in [0, 0.05) is 22.7 Å². The van der Waals surface area contributed by atoms with E-state index in [9.17, 15) is 9.59 Å². The maximum absolute atomic E-state index is 12.5. The predicted octanol–water partition coefficient (Wildman–Crippen LogP) is 4.32. The van der Waals surface area contributed by atoms with Crippen LogP contribution in [0.25, 0.3) is 0 Å². The molecule has 10 heteroatoms. The Morgan fingerprint density at radius 3 is 2.82 bits per heavy atom. The third kappa shape index (κ3) is 5.27. The number of hydrogen-bond acceptors (Lipinski definition) is 8. The average molecular weight is 473 g/mol. The number of carbonyl (C=O) groups excluding carboxylic acids is 1. The molecule has 0 spiro atoms. The Morgan fingerprint density at radius 1 is 1.24 bits per heavy atom. The molecule has 3 aromatic rings. The van der Waals surface area contributed by atoms with Crippen LogP contribution in [0.15, 0.2) is 53.3 Å². The van der Waals surface area contributed by atoms with Crippen molar-refractivity contribution in [3.63, 3.8) is 0 Å². The molecule has 0 saturated carbocycles. The zero-order chi connectivity index (χ0) is 23.4. The van der Waals surface area contributed by atoms with Crippen molar-refractivity contribution in [2.45, 2.75) is 26.0 Å². The minimum absolute atomic E-state index is 0.0968. The molecule has 0 amide bonds. The van der Waals surface area contributed by atoms with E-state index in [1.54, 1.807) is 25.1 Å². The fourth-order valence-electron chi connectivity index (χ4n) is 3.67. The fourth-order valence-corrected chi connectivity index (χ4v) is 3.85. The van der Waals surface area contributed by atoms with Crippen molar-refractivity contribution >= 4 is 23.7 Å². The highest BCUT2D eigenvalue weighted by Gasteiger charge is 2.34. The first kappa shape index (κ1) is 22.6. The van der Waals surface area contributed by atoms with E-state index in [0.29, 0.717) is 35.0 Å². The first-order chi connectivity index (χ1) is 15.9. The number of ether oxygens (including phenoxy) is 2. The van der Waals surface area contributed by atoms with Gasteiger partial charge in [-0.2, -0.15) is 0 Å². The minimum Gasteiger partial charge on any atom is -0.482 e. The number of carboxylic acid groups (broad SMARTS) is 1. The van der Waals surface area contributed by atoms with Gasteiger partial charge in [0.15, 0.2) is 6.61 Å². The molecule has 9 nitrogen and oxygen atoms in total. The second-order valence-corrected chi connectivity index (χ2v) is 7.87. The van der Waals surface area contributed by atoms with Gasteiger partial charge >= 0.3 is 12.1 Å². The van der Waals surface area contributed by atoms with E-state index >= 15 is 0 Å². The predicted molar refractivity (Wildman–Crippen MR) is 116 cm³/mol. The number of aryl methyl sites for hydroxylation is 1. The number of benzene rings is 2. The highest BCUT2D eigenvalue weighted by atomic mass is 35.5. The van der Waals surface area contributed by atoms with Crippen LogP contribution in [-0.4, -0.2) is 40.6 Å². The van der Waals surface area contributed by atoms with Crippen LogP contribution in [0.5, 0.6) is 5.75 Å². The van der Waals surface area contributed by atoms with Crippen molar-refractivity contribution < 1.29 is 33.5 Å². The first-order valence-corrected chi connectivity index (χ1v) is 10.5. The van der Waals surface area contributed by atoms with Crippen LogP contribution >= 0.6 is 11.6 Å². The monoisotopic (exact) mass is 472 g/mol. The van der Waals surface area contributed by atoms with Gasteiger partial charge in [-0.1, -0.05) is 41.0 Å². The van der Waals surface area contributed by atoms with Crippen molar-refractivity contribution in [1.82, 2.24) is 10.2 Å². The molecular weight excluding hydrogens is 452 g/mol. The van der Waals surface area contributed by atoms with Crippen molar-refractivity contribution in [3.05, 3.63) is 81.7 Å². The second-order valence-electron chi connectivity index (χ2n) is 7.43. The molecule has 2 heterocycles. The summed E-state index contributed by atoms with van der Waals surface area (Å²) in [6.07, 6.45) is 1.19. The molecule has 0 fully saturated rings. The van der Waals surface area contributed by atoms with E-state index in [1.807, 2.05) is 24.3 Å². The molecule has 1 aliphatic heterocycles. The van der Waals surface area contributed by atoms with Crippen molar-refractivity contribution in [2.75, 3.05) is 13.2 Å². The van der Waals surface area contributed by atoms with Gasteiger partial charge in [-0.3, -0.25) is 0 Å². The Kier molecular flexibility index (Phi) is 6.81. The number of rotatable bonds is 7. The standard InChI is InChI=1S/C23H21ClN2O7/c1-14-11-32-25-19(14)12-31-23(29)33-26-9-8-15-4-2-3-5-17(15)22(26)18-10-16(24)6-7-20(18)30-13-21(27)28/h2-7,10-11,22H,8-9,12-13H2,1H3,(H,27,28)/t22-/m0/s1. The third-order valence-corrected chi connectivity index (χ3v) is 5.46. The molecule has 1 aromatic heterocycles. The molecule has 0 aliphatic carbocycles. The molecule has 1 atom stereocenters. The van der Waals surface area contributed by atoms with Crippen LogP contribution < -0.4 is 4.74 Å². The molecule has 1 N–H and O–H groups in total. The van der Waals surface area contributed by atoms with E-state index in [1.165, 1.54) is 11.3 Å². The Hall–Kier alpha value is -3.56. The van der Waals surface area contributed by atoms with E-state index in [4.69, 9.17) is 35.5 Å². The van der Waals surface area contributed by atoms with Crippen molar-refractivity contribution in [2.24, 2.45) is 0 Å². The van der Waals surface area contributed by atoms with Crippen LogP contribution in [0.4, 0.5) is 4.79 Å². The van der Waals surface area contributed by atoms with Gasteiger partial charge in [0.2, 0.25) is 0 Å². The lowest BCUT2D eigenvalue weighted by Crippen LogP contribution is -2.38. The number of hydroxylamine groups is 2. The molecule has 172 valence electrons. The molecular formula is C23H21ClN2O7. The average Bonchev–Trinajstić information content (AvgIpc) is 3.21. The lowest BCUT2D eigenvalue weighted by molar-refractivity contribution is -0.152. The number of carboxylic acids is 1. The Morgan fingerprint density at radius 2 is 2.06 bits per heavy atom. The van der Waals surface area contributed by atoms with Crippen LogP contribution in [0.2, 0.25) is 5.02 Å². The summed E-state index contributed by atoms with van der Waals surface area (Å²) in [6.45, 7) is 1.55. The molecule has 33 heavy (non-hydrogen) atoms. The highest BCUT2D eigenvalue weighted by molar-refractivity contribution is 6.30. The number of fused-ring (bicyclic) bond motifs is 1. The highest BCUT2D eigenvalue weighted by Crippen LogP contribution is 2.40. The van der Waals surface area contributed by atoms with E-state index in [2.05, 4.69) is 5.16 Å². The van der Waals surface area contributed by atoms with Crippen LogP contribution in [-0.2, 0) is 27.4 Å². The Labute approximate surface area is 194 Å². The SMILES string of the molecule is Cc1conc1COC(=O)ON1CCc2ccccc2[C@H]1c1cc(Cl)ccc1OCC(=O)O. The van der Waals surface area contributed by atoms with Crippen LogP contribution in [0, 0.1) is 6.92 Å². The van der Waals surface area contributed by atoms with Gasteiger partial charge < -0.3 is 23.9 Å². The van der Waals surface area contributed by atoms with Crippen molar-refractivity contribution in [1.29, 1.82) is 0 Å². The van der Waals surface area contributed by atoms with Gasteiger partial charge in [0.1, 0.15) is 24.3 Å². The third-order valence-electron chi connectivity index (χ3n) is 5.22. The number of aromatic nitrogens is 1. The maximum Gasteiger partial charge on any atom is 0.528 e.